The van der Waals surface area contributed by atoms with E-state index in [0.29, 0.717) is 12.7 Å². The van der Waals surface area contributed by atoms with Crippen LogP contribution in [-0.4, -0.2) is 32.5 Å². The van der Waals surface area contributed by atoms with Crippen molar-refractivity contribution in [2.75, 3.05) is 26.4 Å². The molecule has 2 rings (SSSR count). The lowest BCUT2D eigenvalue weighted by atomic mass is 10.0. The van der Waals surface area contributed by atoms with Crippen LogP contribution in [0.15, 0.2) is 24.3 Å². The van der Waals surface area contributed by atoms with E-state index in [1.807, 2.05) is 0 Å². The summed E-state index contributed by atoms with van der Waals surface area (Å²) in [5.41, 5.74) is 2.64. The Labute approximate surface area is 103 Å². The maximum atomic E-state index is 5.81. The number of hydrogen-bond donors (Lipinski definition) is 1. The Balaban J connectivity index is 1.97. The minimum Gasteiger partial charge on any atom is -0.376 e. The van der Waals surface area contributed by atoms with Gasteiger partial charge in [-0.1, -0.05) is 31.2 Å². The molecule has 0 aliphatic carbocycles. The summed E-state index contributed by atoms with van der Waals surface area (Å²) in [6, 6.07) is 8.75. The van der Waals surface area contributed by atoms with Crippen molar-refractivity contribution in [1.82, 2.24) is 5.32 Å². The molecule has 1 aromatic rings. The second-order valence-corrected chi connectivity index (χ2v) is 4.46. The van der Waals surface area contributed by atoms with Crippen molar-refractivity contribution >= 4 is 0 Å². The van der Waals surface area contributed by atoms with Crippen LogP contribution in [-0.2, 0) is 9.47 Å². The van der Waals surface area contributed by atoms with Crippen molar-refractivity contribution < 1.29 is 9.47 Å². The van der Waals surface area contributed by atoms with Crippen molar-refractivity contribution in [2.45, 2.75) is 26.0 Å². The molecule has 0 bridgehead atoms. The molecule has 1 atom stereocenters. The second kappa shape index (κ2) is 6.15. The number of nitrogens with one attached hydrogen (secondary N) is 1. The summed E-state index contributed by atoms with van der Waals surface area (Å²) in [7, 11) is 0. The third kappa shape index (κ3) is 3.28. The summed E-state index contributed by atoms with van der Waals surface area (Å²) in [5.74, 6) is 0. The summed E-state index contributed by atoms with van der Waals surface area (Å²) in [4.78, 5) is 0. The van der Waals surface area contributed by atoms with Gasteiger partial charge in [0.05, 0.1) is 25.9 Å². The van der Waals surface area contributed by atoms with Crippen LogP contribution < -0.4 is 5.32 Å². The number of hydrogen-bond acceptors (Lipinski definition) is 3. The van der Waals surface area contributed by atoms with Gasteiger partial charge < -0.3 is 14.8 Å². The average Bonchev–Trinajstić information content (AvgIpc) is 2.26. The lowest BCUT2D eigenvalue weighted by Gasteiger charge is -2.29. The largest absolute Gasteiger partial charge is 0.376 e. The molecule has 1 N–H and O–H groups in total. The van der Waals surface area contributed by atoms with Crippen LogP contribution >= 0.6 is 0 Å². The Morgan fingerprint density at radius 1 is 1.41 bits per heavy atom. The van der Waals surface area contributed by atoms with Crippen LogP contribution in [0.1, 0.15) is 24.1 Å². The van der Waals surface area contributed by atoms with Crippen LogP contribution in [0.25, 0.3) is 0 Å². The van der Waals surface area contributed by atoms with Gasteiger partial charge in [-0.15, -0.1) is 0 Å². The molecule has 3 nitrogen and oxygen atoms in total. The van der Waals surface area contributed by atoms with E-state index in [9.17, 15) is 0 Å². The van der Waals surface area contributed by atoms with Gasteiger partial charge in [0.15, 0.2) is 0 Å². The number of ether oxygens (including phenoxy) is 2. The summed E-state index contributed by atoms with van der Waals surface area (Å²) in [5, 5.41) is 3.48. The summed E-state index contributed by atoms with van der Waals surface area (Å²) in [6.07, 6.45) is 0.292. The van der Waals surface area contributed by atoms with Crippen molar-refractivity contribution in [2.24, 2.45) is 0 Å². The Kier molecular flexibility index (Phi) is 4.54. The normalized spacial score (nSPS) is 17.8. The molecule has 1 aromatic carbocycles. The van der Waals surface area contributed by atoms with Gasteiger partial charge in [-0.05, 0) is 24.6 Å². The summed E-state index contributed by atoms with van der Waals surface area (Å²) >= 11 is 0. The van der Waals surface area contributed by atoms with Gasteiger partial charge in [0.1, 0.15) is 6.10 Å². The van der Waals surface area contributed by atoms with E-state index < -0.39 is 0 Å². The van der Waals surface area contributed by atoms with Crippen molar-refractivity contribution in [3.8, 4) is 0 Å². The maximum absolute atomic E-state index is 5.81. The topological polar surface area (TPSA) is 30.5 Å². The van der Waals surface area contributed by atoms with Crippen molar-refractivity contribution in [1.29, 1.82) is 0 Å². The van der Waals surface area contributed by atoms with Gasteiger partial charge in [0.25, 0.3) is 0 Å². The highest BCUT2D eigenvalue weighted by Gasteiger charge is 2.21. The third-order valence-electron chi connectivity index (χ3n) is 3.12. The summed E-state index contributed by atoms with van der Waals surface area (Å²) in [6.45, 7) is 7.42. The van der Waals surface area contributed by atoms with Gasteiger partial charge in [0.2, 0.25) is 0 Å². The Bertz CT molecular complexity index is 350. The lowest BCUT2D eigenvalue weighted by Crippen LogP contribution is -2.38. The Morgan fingerprint density at radius 3 is 2.76 bits per heavy atom. The van der Waals surface area contributed by atoms with Crippen LogP contribution in [0.3, 0.4) is 0 Å². The van der Waals surface area contributed by atoms with Gasteiger partial charge in [-0.25, -0.2) is 0 Å². The smallest absolute Gasteiger partial charge is 0.104 e. The minimum absolute atomic E-state index is 0.279. The van der Waals surface area contributed by atoms with Crippen molar-refractivity contribution in [3.05, 3.63) is 35.4 Å². The van der Waals surface area contributed by atoms with E-state index in [4.69, 9.17) is 9.47 Å². The van der Waals surface area contributed by atoms with E-state index in [2.05, 4.69) is 43.4 Å². The van der Waals surface area contributed by atoms with Crippen LogP contribution in [0, 0.1) is 6.92 Å². The van der Waals surface area contributed by atoms with Crippen LogP contribution in [0.5, 0.6) is 0 Å². The first-order valence-corrected chi connectivity index (χ1v) is 6.29. The first kappa shape index (κ1) is 12.6. The zero-order valence-corrected chi connectivity index (χ0v) is 10.6. The molecule has 0 aromatic heterocycles. The minimum atomic E-state index is 0.279. The number of aryl methyl sites for hydroxylation is 1. The number of benzene rings is 1. The van der Waals surface area contributed by atoms with Crippen LogP contribution in [0.4, 0.5) is 0 Å². The molecule has 17 heavy (non-hydrogen) atoms. The average molecular weight is 235 g/mol. The van der Waals surface area contributed by atoms with Gasteiger partial charge in [-0.2, -0.15) is 0 Å². The quantitative estimate of drug-likeness (QED) is 0.818. The molecule has 0 radical (unpaired) electrons. The Morgan fingerprint density at radius 2 is 2.18 bits per heavy atom. The van der Waals surface area contributed by atoms with E-state index in [1.54, 1.807) is 0 Å². The molecule has 1 fully saturated rings. The first-order chi connectivity index (χ1) is 8.31. The molecule has 94 valence electrons. The molecule has 1 saturated heterocycles. The van der Waals surface area contributed by atoms with E-state index in [0.717, 1.165) is 19.8 Å². The fourth-order valence-corrected chi connectivity index (χ4v) is 2.03. The molecule has 3 heteroatoms. The molecule has 1 heterocycles. The summed E-state index contributed by atoms with van der Waals surface area (Å²) < 4.78 is 10.9. The van der Waals surface area contributed by atoms with Crippen LogP contribution in [0.2, 0.25) is 0 Å². The van der Waals surface area contributed by atoms with E-state index >= 15 is 0 Å². The van der Waals surface area contributed by atoms with E-state index in [1.165, 1.54) is 11.1 Å². The highest BCUT2D eigenvalue weighted by Crippen LogP contribution is 2.19. The molecular formula is C14H21NO2. The zero-order valence-electron chi connectivity index (χ0n) is 10.6. The Hall–Kier alpha value is -0.900. The highest BCUT2D eigenvalue weighted by atomic mass is 16.6. The maximum Gasteiger partial charge on any atom is 0.104 e. The number of likely N-dealkylation sites (N-methyl/N-ethyl adjacent to an activating group) is 1. The highest BCUT2D eigenvalue weighted by molar-refractivity contribution is 5.28. The molecule has 0 spiro atoms. The van der Waals surface area contributed by atoms with Crippen molar-refractivity contribution in [3.63, 3.8) is 0 Å². The molecule has 1 unspecified atom stereocenters. The standard InChI is InChI=1S/C14H21NO2/c1-3-15-14(10-17-12-8-16-9-12)13-7-5-4-6-11(13)2/h4-7,12,14-15H,3,8-10H2,1-2H3. The third-order valence-corrected chi connectivity index (χ3v) is 3.12. The molecule has 0 amide bonds. The molecule has 1 aliphatic rings. The second-order valence-electron chi connectivity index (χ2n) is 4.46. The predicted molar refractivity (Wildman–Crippen MR) is 68.2 cm³/mol. The molecular weight excluding hydrogens is 214 g/mol. The zero-order chi connectivity index (χ0) is 12.1. The van der Waals surface area contributed by atoms with Gasteiger partial charge >= 0.3 is 0 Å². The monoisotopic (exact) mass is 235 g/mol. The molecule has 1 aliphatic heterocycles. The fourth-order valence-electron chi connectivity index (χ4n) is 2.03. The first-order valence-electron chi connectivity index (χ1n) is 6.29. The van der Waals surface area contributed by atoms with Gasteiger partial charge in [-0.3, -0.25) is 0 Å². The predicted octanol–water partition coefficient (Wildman–Crippen LogP) is 2.06. The molecule has 0 saturated carbocycles. The fraction of sp³-hybridized carbons (Fsp3) is 0.571. The van der Waals surface area contributed by atoms with E-state index in [-0.39, 0.29) is 6.04 Å². The number of rotatable bonds is 6. The lowest BCUT2D eigenvalue weighted by molar-refractivity contribution is -0.133. The van der Waals surface area contributed by atoms with Gasteiger partial charge in [0, 0.05) is 0 Å². The SMILES string of the molecule is CCNC(COC1COC1)c1ccccc1C.